The van der Waals surface area contributed by atoms with Gasteiger partial charge in [0.2, 0.25) is 5.91 Å². The van der Waals surface area contributed by atoms with E-state index < -0.39 is 0 Å². The van der Waals surface area contributed by atoms with Crippen molar-refractivity contribution in [3.8, 4) is 0 Å². The first-order valence-electron chi connectivity index (χ1n) is 6.97. The van der Waals surface area contributed by atoms with Gasteiger partial charge in [-0.15, -0.1) is 11.3 Å². The van der Waals surface area contributed by atoms with Crippen LogP contribution in [0.1, 0.15) is 10.4 Å². The van der Waals surface area contributed by atoms with E-state index in [1.165, 1.54) is 23.5 Å². The minimum absolute atomic E-state index is 0.0211. The molecule has 0 aliphatic rings. The van der Waals surface area contributed by atoms with Gasteiger partial charge >= 0.3 is 0 Å². The SMILES string of the molecule is CN(CC(=O)NCCc1ccc(F)cc1)Cc1ccc(Cl)s1. The lowest BCUT2D eigenvalue weighted by molar-refractivity contribution is -0.122. The molecule has 0 atom stereocenters. The fourth-order valence-electron chi connectivity index (χ4n) is 2.06. The molecule has 2 rings (SSSR count). The molecule has 1 N–H and O–H groups in total. The van der Waals surface area contributed by atoms with Crippen molar-refractivity contribution in [3.63, 3.8) is 0 Å². The van der Waals surface area contributed by atoms with Crippen LogP contribution in [0.4, 0.5) is 4.39 Å². The van der Waals surface area contributed by atoms with E-state index in [0.29, 0.717) is 26.1 Å². The van der Waals surface area contributed by atoms with Gasteiger partial charge in [0.15, 0.2) is 0 Å². The molecule has 0 unspecified atom stereocenters. The van der Waals surface area contributed by atoms with Gasteiger partial charge in [-0.05, 0) is 43.3 Å². The van der Waals surface area contributed by atoms with Crippen molar-refractivity contribution in [1.82, 2.24) is 10.2 Å². The number of benzene rings is 1. The summed E-state index contributed by atoms with van der Waals surface area (Å²) >= 11 is 7.40. The van der Waals surface area contributed by atoms with Crippen molar-refractivity contribution >= 4 is 28.8 Å². The summed E-state index contributed by atoms with van der Waals surface area (Å²) in [6, 6.07) is 10.1. The Morgan fingerprint density at radius 1 is 1.27 bits per heavy atom. The molecular formula is C16H18ClFN2OS. The molecule has 2 aromatic rings. The summed E-state index contributed by atoms with van der Waals surface area (Å²) in [4.78, 5) is 14.9. The monoisotopic (exact) mass is 340 g/mol. The van der Waals surface area contributed by atoms with Crippen LogP contribution in [0, 0.1) is 5.82 Å². The summed E-state index contributed by atoms with van der Waals surface area (Å²) in [5.41, 5.74) is 1.00. The molecule has 1 aromatic heterocycles. The predicted molar refractivity (Wildman–Crippen MR) is 88.8 cm³/mol. The fraction of sp³-hybridized carbons (Fsp3) is 0.312. The third-order valence-electron chi connectivity index (χ3n) is 3.12. The molecule has 1 aromatic carbocycles. The Morgan fingerprint density at radius 3 is 2.64 bits per heavy atom. The average Bonchev–Trinajstić information content (AvgIpc) is 2.86. The number of carbonyl (C=O) groups excluding carboxylic acids is 1. The van der Waals surface area contributed by atoms with E-state index in [2.05, 4.69) is 5.32 Å². The lowest BCUT2D eigenvalue weighted by Gasteiger charge is -2.15. The van der Waals surface area contributed by atoms with Gasteiger partial charge in [-0.2, -0.15) is 0 Å². The number of rotatable bonds is 7. The van der Waals surface area contributed by atoms with Gasteiger partial charge in [0.05, 0.1) is 10.9 Å². The molecule has 1 heterocycles. The first kappa shape index (κ1) is 16.9. The van der Waals surface area contributed by atoms with E-state index in [1.54, 1.807) is 12.1 Å². The molecule has 118 valence electrons. The molecule has 22 heavy (non-hydrogen) atoms. The van der Waals surface area contributed by atoms with Crippen molar-refractivity contribution in [3.05, 3.63) is 57.0 Å². The highest BCUT2D eigenvalue weighted by Gasteiger charge is 2.08. The van der Waals surface area contributed by atoms with E-state index in [-0.39, 0.29) is 11.7 Å². The van der Waals surface area contributed by atoms with Crippen LogP contribution in [0.3, 0.4) is 0 Å². The van der Waals surface area contributed by atoms with Crippen molar-refractivity contribution in [2.24, 2.45) is 0 Å². The van der Waals surface area contributed by atoms with Crippen molar-refractivity contribution < 1.29 is 9.18 Å². The first-order valence-corrected chi connectivity index (χ1v) is 8.16. The Balaban J connectivity index is 1.67. The average molecular weight is 341 g/mol. The lowest BCUT2D eigenvalue weighted by atomic mass is 10.1. The molecule has 0 radical (unpaired) electrons. The molecule has 0 aliphatic carbocycles. The van der Waals surface area contributed by atoms with Crippen LogP contribution >= 0.6 is 22.9 Å². The predicted octanol–water partition coefficient (Wildman–Crippen LogP) is 3.33. The molecule has 6 heteroatoms. The normalized spacial score (nSPS) is 10.9. The molecule has 0 bridgehead atoms. The van der Waals surface area contributed by atoms with Crippen LogP contribution in [0.5, 0.6) is 0 Å². The molecule has 3 nitrogen and oxygen atoms in total. The second-order valence-corrected chi connectivity index (χ2v) is 6.90. The maximum Gasteiger partial charge on any atom is 0.234 e. The third-order valence-corrected chi connectivity index (χ3v) is 4.33. The second-order valence-electron chi connectivity index (χ2n) is 5.10. The highest BCUT2D eigenvalue weighted by molar-refractivity contribution is 7.16. The van der Waals surface area contributed by atoms with Crippen LogP contribution < -0.4 is 5.32 Å². The number of thiophene rings is 1. The zero-order valence-electron chi connectivity index (χ0n) is 12.3. The van der Waals surface area contributed by atoms with Gasteiger partial charge in [-0.25, -0.2) is 4.39 Å². The van der Waals surface area contributed by atoms with Crippen LogP contribution in [0.15, 0.2) is 36.4 Å². The topological polar surface area (TPSA) is 32.3 Å². The number of nitrogens with zero attached hydrogens (tertiary/aromatic N) is 1. The number of hydrogen-bond acceptors (Lipinski definition) is 3. The molecule has 1 amide bonds. The van der Waals surface area contributed by atoms with Crippen molar-refractivity contribution in [2.45, 2.75) is 13.0 Å². The van der Waals surface area contributed by atoms with Crippen LogP contribution in [0.2, 0.25) is 4.34 Å². The summed E-state index contributed by atoms with van der Waals surface area (Å²) in [6.45, 7) is 1.57. The number of carbonyl (C=O) groups is 1. The number of halogens is 2. The summed E-state index contributed by atoms with van der Waals surface area (Å²) in [5, 5.41) is 2.87. The molecule has 0 saturated carbocycles. The number of nitrogens with one attached hydrogen (secondary N) is 1. The number of hydrogen-bond donors (Lipinski definition) is 1. The number of amides is 1. The molecule has 0 fully saturated rings. The Kier molecular flexibility index (Phi) is 6.36. The van der Waals surface area contributed by atoms with E-state index in [1.807, 2.05) is 24.1 Å². The minimum atomic E-state index is -0.247. The Hall–Kier alpha value is -1.43. The van der Waals surface area contributed by atoms with Gasteiger partial charge < -0.3 is 5.32 Å². The number of likely N-dealkylation sites (N-methyl/N-ethyl adjacent to an activating group) is 1. The maximum atomic E-state index is 12.8. The Bertz CT molecular complexity index is 615. The summed E-state index contributed by atoms with van der Waals surface area (Å²) < 4.78 is 13.5. The van der Waals surface area contributed by atoms with Gasteiger partial charge in [0, 0.05) is 18.0 Å². The standard InChI is InChI=1S/C16H18ClFN2OS/c1-20(10-14-6-7-15(17)22-14)11-16(21)19-9-8-12-2-4-13(18)5-3-12/h2-7H,8-11H2,1H3,(H,19,21). The minimum Gasteiger partial charge on any atom is -0.355 e. The van der Waals surface area contributed by atoms with Gasteiger partial charge in [-0.1, -0.05) is 23.7 Å². The van der Waals surface area contributed by atoms with E-state index in [9.17, 15) is 9.18 Å². The first-order chi connectivity index (χ1) is 10.5. The largest absolute Gasteiger partial charge is 0.355 e. The fourth-order valence-corrected chi connectivity index (χ4v) is 3.22. The van der Waals surface area contributed by atoms with Crippen LogP contribution in [-0.4, -0.2) is 30.9 Å². The van der Waals surface area contributed by atoms with E-state index in [0.717, 1.165) is 14.8 Å². The maximum absolute atomic E-state index is 12.8. The molecule has 0 aliphatic heterocycles. The van der Waals surface area contributed by atoms with Crippen molar-refractivity contribution in [1.29, 1.82) is 0 Å². The van der Waals surface area contributed by atoms with Crippen LogP contribution in [0.25, 0.3) is 0 Å². The zero-order chi connectivity index (χ0) is 15.9. The summed E-state index contributed by atoms with van der Waals surface area (Å²) in [5.74, 6) is -0.268. The van der Waals surface area contributed by atoms with Gasteiger partial charge in [0.1, 0.15) is 5.82 Å². The zero-order valence-corrected chi connectivity index (χ0v) is 13.9. The summed E-state index contributed by atoms with van der Waals surface area (Å²) in [6.07, 6.45) is 0.691. The third kappa shape index (κ3) is 5.75. The van der Waals surface area contributed by atoms with E-state index >= 15 is 0 Å². The second kappa shape index (κ2) is 8.27. The molecule has 0 spiro atoms. The highest BCUT2D eigenvalue weighted by Crippen LogP contribution is 2.22. The molecule has 0 saturated heterocycles. The Morgan fingerprint density at radius 2 is 2.00 bits per heavy atom. The smallest absolute Gasteiger partial charge is 0.234 e. The van der Waals surface area contributed by atoms with Gasteiger partial charge in [0.25, 0.3) is 0 Å². The van der Waals surface area contributed by atoms with Crippen molar-refractivity contribution in [2.75, 3.05) is 20.1 Å². The highest BCUT2D eigenvalue weighted by atomic mass is 35.5. The van der Waals surface area contributed by atoms with E-state index in [4.69, 9.17) is 11.6 Å². The molecular weight excluding hydrogens is 323 g/mol. The Labute approximate surface area is 138 Å². The lowest BCUT2D eigenvalue weighted by Crippen LogP contribution is -2.35. The van der Waals surface area contributed by atoms with Gasteiger partial charge in [-0.3, -0.25) is 9.69 Å². The quantitative estimate of drug-likeness (QED) is 0.838. The van der Waals surface area contributed by atoms with Crippen LogP contribution in [-0.2, 0) is 17.8 Å². The summed E-state index contributed by atoms with van der Waals surface area (Å²) in [7, 11) is 1.90.